The molecule has 13 heavy (non-hydrogen) atoms. The van der Waals surface area contributed by atoms with Crippen molar-refractivity contribution in [3.05, 3.63) is 0 Å². The molecule has 0 radical (unpaired) electrons. The fourth-order valence-electron chi connectivity index (χ4n) is 0.853. The second-order valence-corrected chi connectivity index (χ2v) is 3.44. The molecule has 1 N–H and O–H groups in total. The maximum Gasteiger partial charge on any atom is 0.0795 e. The summed E-state index contributed by atoms with van der Waals surface area (Å²) in [6.07, 6.45) is 1.48. The highest BCUT2D eigenvalue weighted by atomic mass is 16.5. The van der Waals surface area contributed by atoms with Gasteiger partial charge in [-0.1, -0.05) is 6.92 Å². The molecule has 0 saturated carbocycles. The molecule has 0 fully saturated rings. The second-order valence-electron chi connectivity index (χ2n) is 3.44. The highest BCUT2D eigenvalue weighted by molar-refractivity contribution is 4.53. The molecule has 1 unspecified atom stereocenters. The Bertz CT molecular complexity index is 104. The first kappa shape index (κ1) is 12.9. The second kappa shape index (κ2) is 8.48. The summed E-state index contributed by atoms with van der Waals surface area (Å²) in [5.74, 6) is 0. The molecule has 0 aromatic carbocycles. The van der Waals surface area contributed by atoms with Gasteiger partial charge in [0, 0.05) is 13.2 Å². The summed E-state index contributed by atoms with van der Waals surface area (Å²) in [4.78, 5) is 0. The lowest BCUT2D eigenvalue weighted by molar-refractivity contribution is -0.00967. The fraction of sp³-hybridized carbons (Fsp3) is 1.00. The third-order valence-corrected chi connectivity index (χ3v) is 1.57. The van der Waals surface area contributed by atoms with E-state index in [4.69, 9.17) is 9.47 Å². The van der Waals surface area contributed by atoms with Crippen LogP contribution in [-0.4, -0.2) is 37.1 Å². The van der Waals surface area contributed by atoms with E-state index < -0.39 is 0 Å². The molecule has 0 rings (SSSR count). The number of aliphatic hydroxyl groups excluding tert-OH is 1. The first-order valence-corrected chi connectivity index (χ1v) is 5.04. The molecule has 0 aromatic heterocycles. The number of rotatable bonds is 8. The lowest BCUT2D eigenvalue weighted by Gasteiger charge is -2.13. The van der Waals surface area contributed by atoms with E-state index in [2.05, 4.69) is 6.92 Å². The van der Waals surface area contributed by atoms with E-state index in [-0.39, 0.29) is 12.2 Å². The van der Waals surface area contributed by atoms with Gasteiger partial charge in [0.15, 0.2) is 0 Å². The van der Waals surface area contributed by atoms with Crippen molar-refractivity contribution in [3.8, 4) is 0 Å². The summed E-state index contributed by atoms with van der Waals surface area (Å²) in [6, 6.07) is 0. The third-order valence-electron chi connectivity index (χ3n) is 1.57. The smallest absolute Gasteiger partial charge is 0.0795 e. The standard InChI is InChI=1S/C10H22O3/c1-4-6-12-7-5-10(11)8-13-9(2)3/h9-11H,4-8H2,1-3H3. The van der Waals surface area contributed by atoms with Crippen LogP contribution < -0.4 is 0 Å². The normalized spacial score (nSPS) is 13.6. The van der Waals surface area contributed by atoms with Crippen molar-refractivity contribution < 1.29 is 14.6 Å². The van der Waals surface area contributed by atoms with Gasteiger partial charge in [0.25, 0.3) is 0 Å². The first-order chi connectivity index (χ1) is 6.16. The van der Waals surface area contributed by atoms with E-state index >= 15 is 0 Å². The predicted octanol–water partition coefficient (Wildman–Crippen LogP) is 1.59. The highest BCUT2D eigenvalue weighted by Crippen LogP contribution is 1.97. The van der Waals surface area contributed by atoms with Crippen LogP contribution in [0.1, 0.15) is 33.6 Å². The van der Waals surface area contributed by atoms with Gasteiger partial charge >= 0.3 is 0 Å². The van der Waals surface area contributed by atoms with Crippen LogP contribution in [0.3, 0.4) is 0 Å². The molecular weight excluding hydrogens is 168 g/mol. The monoisotopic (exact) mass is 190 g/mol. The molecule has 0 heterocycles. The molecule has 0 amide bonds. The number of hydrogen-bond acceptors (Lipinski definition) is 3. The Morgan fingerprint density at radius 3 is 2.46 bits per heavy atom. The minimum Gasteiger partial charge on any atom is -0.391 e. The number of hydrogen-bond donors (Lipinski definition) is 1. The first-order valence-electron chi connectivity index (χ1n) is 5.04. The van der Waals surface area contributed by atoms with Crippen molar-refractivity contribution in [2.75, 3.05) is 19.8 Å². The van der Waals surface area contributed by atoms with Crippen molar-refractivity contribution >= 4 is 0 Å². The van der Waals surface area contributed by atoms with Crippen molar-refractivity contribution in [1.82, 2.24) is 0 Å². The van der Waals surface area contributed by atoms with E-state index in [1.807, 2.05) is 13.8 Å². The van der Waals surface area contributed by atoms with Crippen molar-refractivity contribution in [1.29, 1.82) is 0 Å². The van der Waals surface area contributed by atoms with Gasteiger partial charge in [0.05, 0.1) is 18.8 Å². The summed E-state index contributed by atoms with van der Waals surface area (Å²) >= 11 is 0. The van der Waals surface area contributed by atoms with Crippen LogP contribution in [0.2, 0.25) is 0 Å². The molecule has 0 aromatic rings. The quantitative estimate of drug-likeness (QED) is 0.591. The van der Waals surface area contributed by atoms with Crippen molar-refractivity contribution in [2.45, 2.75) is 45.8 Å². The van der Waals surface area contributed by atoms with E-state index in [1.165, 1.54) is 0 Å². The summed E-state index contributed by atoms with van der Waals surface area (Å²) < 4.78 is 10.5. The molecule has 0 aliphatic rings. The Kier molecular flexibility index (Phi) is 8.40. The maximum atomic E-state index is 9.39. The van der Waals surface area contributed by atoms with Gasteiger partial charge in [-0.2, -0.15) is 0 Å². The lowest BCUT2D eigenvalue weighted by Crippen LogP contribution is -2.20. The maximum absolute atomic E-state index is 9.39. The topological polar surface area (TPSA) is 38.7 Å². The van der Waals surface area contributed by atoms with Gasteiger partial charge in [-0.3, -0.25) is 0 Å². The molecular formula is C10H22O3. The van der Waals surface area contributed by atoms with Crippen molar-refractivity contribution in [2.24, 2.45) is 0 Å². The van der Waals surface area contributed by atoms with Crippen molar-refractivity contribution in [3.63, 3.8) is 0 Å². The summed E-state index contributed by atoms with van der Waals surface area (Å²) in [7, 11) is 0. The zero-order valence-corrected chi connectivity index (χ0v) is 8.95. The van der Waals surface area contributed by atoms with Crippen LogP contribution in [0.15, 0.2) is 0 Å². The minimum absolute atomic E-state index is 0.186. The minimum atomic E-state index is -0.390. The number of ether oxygens (including phenoxy) is 2. The molecule has 3 nitrogen and oxygen atoms in total. The molecule has 0 aliphatic carbocycles. The molecule has 0 bridgehead atoms. The highest BCUT2D eigenvalue weighted by Gasteiger charge is 2.04. The summed E-state index contributed by atoms with van der Waals surface area (Å²) in [5.41, 5.74) is 0. The van der Waals surface area contributed by atoms with Gasteiger partial charge in [-0.05, 0) is 26.7 Å². The lowest BCUT2D eigenvalue weighted by atomic mass is 10.3. The Hall–Kier alpha value is -0.120. The zero-order valence-electron chi connectivity index (χ0n) is 8.95. The molecule has 1 atom stereocenters. The summed E-state index contributed by atoms with van der Waals surface area (Å²) in [5, 5.41) is 9.39. The third kappa shape index (κ3) is 9.80. The van der Waals surface area contributed by atoms with Crippen LogP contribution in [0, 0.1) is 0 Å². The Morgan fingerprint density at radius 2 is 1.92 bits per heavy atom. The SMILES string of the molecule is CCCOCCC(O)COC(C)C. The van der Waals surface area contributed by atoms with Gasteiger partial charge < -0.3 is 14.6 Å². The largest absolute Gasteiger partial charge is 0.391 e. The average Bonchev–Trinajstić information content (AvgIpc) is 2.09. The van der Waals surface area contributed by atoms with Gasteiger partial charge in [0.2, 0.25) is 0 Å². The van der Waals surface area contributed by atoms with E-state index in [0.717, 1.165) is 13.0 Å². The summed E-state index contributed by atoms with van der Waals surface area (Å²) in [6.45, 7) is 7.79. The molecule has 0 aliphatic heterocycles. The predicted molar refractivity (Wildman–Crippen MR) is 52.8 cm³/mol. The van der Waals surface area contributed by atoms with Crippen LogP contribution >= 0.6 is 0 Å². The Morgan fingerprint density at radius 1 is 1.23 bits per heavy atom. The van der Waals surface area contributed by atoms with Gasteiger partial charge in [-0.15, -0.1) is 0 Å². The molecule has 3 heteroatoms. The molecule has 0 spiro atoms. The molecule has 0 saturated heterocycles. The van der Waals surface area contributed by atoms with Crippen LogP contribution in [0.4, 0.5) is 0 Å². The average molecular weight is 190 g/mol. The molecule has 80 valence electrons. The zero-order chi connectivity index (χ0) is 10.1. The van der Waals surface area contributed by atoms with E-state index in [9.17, 15) is 5.11 Å². The Labute approximate surface area is 81.0 Å². The van der Waals surface area contributed by atoms with Crippen LogP contribution in [0.25, 0.3) is 0 Å². The van der Waals surface area contributed by atoms with Crippen LogP contribution in [-0.2, 0) is 9.47 Å². The Balaban J connectivity index is 3.15. The van der Waals surface area contributed by atoms with Gasteiger partial charge in [-0.25, -0.2) is 0 Å². The van der Waals surface area contributed by atoms with E-state index in [1.54, 1.807) is 0 Å². The van der Waals surface area contributed by atoms with Gasteiger partial charge in [0.1, 0.15) is 0 Å². The van der Waals surface area contributed by atoms with Crippen LogP contribution in [0.5, 0.6) is 0 Å². The van der Waals surface area contributed by atoms with E-state index in [0.29, 0.717) is 19.6 Å². The fourth-order valence-corrected chi connectivity index (χ4v) is 0.853. The number of aliphatic hydroxyl groups is 1.